The van der Waals surface area contributed by atoms with Crippen LogP contribution in [0.2, 0.25) is 0 Å². The lowest BCUT2D eigenvalue weighted by Gasteiger charge is -2.32. The Bertz CT molecular complexity index is 750. The van der Waals surface area contributed by atoms with Gasteiger partial charge in [0.2, 0.25) is 11.8 Å². The molecule has 2 heterocycles. The lowest BCUT2D eigenvalue weighted by atomic mass is 9.96. The zero-order valence-electron chi connectivity index (χ0n) is 15.5. The summed E-state index contributed by atoms with van der Waals surface area (Å²) in [5.74, 6) is -1.06. The van der Waals surface area contributed by atoms with Gasteiger partial charge in [0.05, 0.1) is 26.1 Å². The highest BCUT2D eigenvalue weighted by Gasteiger charge is 2.39. The number of carboxylic acids is 1. The number of hydrogen-bond acceptors (Lipinski definition) is 5. The van der Waals surface area contributed by atoms with Crippen molar-refractivity contribution in [3.05, 3.63) is 18.2 Å². The summed E-state index contributed by atoms with van der Waals surface area (Å²) in [5, 5.41) is 9.21. The first-order valence-corrected chi connectivity index (χ1v) is 8.98. The number of anilines is 1. The van der Waals surface area contributed by atoms with Crippen molar-refractivity contribution in [2.24, 2.45) is 11.8 Å². The molecule has 0 bridgehead atoms. The molecule has 2 aliphatic rings. The molecule has 2 fully saturated rings. The average molecular weight is 376 g/mol. The van der Waals surface area contributed by atoms with E-state index in [9.17, 15) is 19.5 Å². The molecule has 27 heavy (non-hydrogen) atoms. The van der Waals surface area contributed by atoms with Crippen molar-refractivity contribution in [3.8, 4) is 11.5 Å². The highest BCUT2D eigenvalue weighted by Crippen LogP contribution is 2.34. The number of piperidine rings is 1. The molecule has 0 spiro atoms. The highest BCUT2D eigenvalue weighted by molar-refractivity contribution is 6.00. The van der Waals surface area contributed by atoms with Gasteiger partial charge in [-0.1, -0.05) is 0 Å². The van der Waals surface area contributed by atoms with Crippen molar-refractivity contribution < 1.29 is 29.0 Å². The van der Waals surface area contributed by atoms with E-state index in [0.717, 1.165) is 0 Å². The molecule has 1 aromatic rings. The molecule has 2 aliphatic heterocycles. The van der Waals surface area contributed by atoms with E-state index in [2.05, 4.69) is 0 Å². The Labute approximate surface area is 157 Å². The Morgan fingerprint density at radius 3 is 2.52 bits per heavy atom. The fourth-order valence-electron chi connectivity index (χ4n) is 3.75. The number of methoxy groups -OCH3 is 2. The number of carboxylic acid groups (broad SMARTS) is 1. The molecule has 0 unspecified atom stereocenters. The lowest BCUT2D eigenvalue weighted by Crippen LogP contribution is -2.45. The predicted octanol–water partition coefficient (Wildman–Crippen LogP) is 1.38. The van der Waals surface area contributed by atoms with Crippen LogP contribution in [0, 0.1) is 11.8 Å². The highest BCUT2D eigenvalue weighted by atomic mass is 16.5. The van der Waals surface area contributed by atoms with Crippen molar-refractivity contribution in [1.29, 1.82) is 0 Å². The van der Waals surface area contributed by atoms with Crippen molar-refractivity contribution in [3.63, 3.8) is 0 Å². The third-order valence-electron chi connectivity index (χ3n) is 5.24. The topological polar surface area (TPSA) is 96.4 Å². The standard InChI is InChI=1S/C19H24N2O6/c1-26-15-6-5-14(9-16(15)27-2)21-11-13(8-17(21)22)18(23)20-7-3-4-12(10-20)19(24)25/h5-6,9,12-13H,3-4,7-8,10-11H2,1-2H3,(H,24,25)/t12-,13-/m1/s1. The minimum Gasteiger partial charge on any atom is -0.493 e. The van der Waals surface area contributed by atoms with Crippen LogP contribution in [0.4, 0.5) is 5.69 Å². The summed E-state index contributed by atoms with van der Waals surface area (Å²) in [6.07, 6.45) is 1.38. The molecule has 1 aromatic carbocycles. The summed E-state index contributed by atoms with van der Waals surface area (Å²) >= 11 is 0. The molecule has 0 radical (unpaired) electrons. The molecule has 8 heteroatoms. The van der Waals surface area contributed by atoms with Gasteiger partial charge in [-0.2, -0.15) is 0 Å². The monoisotopic (exact) mass is 376 g/mol. The smallest absolute Gasteiger partial charge is 0.308 e. The number of nitrogens with zero attached hydrogens (tertiary/aromatic N) is 2. The van der Waals surface area contributed by atoms with Gasteiger partial charge in [0.25, 0.3) is 0 Å². The zero-order valence-corrected chi connectivity index (χ0v) is 15.5. The van der Waals surface area contributed by atoms with E-state index in [-0.39, 0.29) is 31.3 Å². The maximum absolute atomic E-state index is 12.8. The van der Waals surface area contributed by atoms with E-state index >= 15 is 0 Å². The Kier molecular flexibility index (Phi) is 5.53. The first-order chi connectivity index (χ1) is 12.9. The second-order valence-corrected chi connectivity index (χ2v) is 6.91. The molecule has 3 rings (SSSR count). The van der Waals surface area contributed by atoms with Crippen molar-refractivity contribution in [2.45, 2.75) is 19.3 Å². The van der Waals surface area contributed by atoms with Crippen LogP contribution >= 0.6 is 0 Å². The number of amides is 2. The molecular formula is C19H24N2O6. The molecule has 2 atom stereocenters. The Hall–Kier alpha value is -2.77. The average Bonchev–Trinajstić information content (AvgIpc) is 3.08. The van der Waals surface area contributed by atoms with Crippen LogP contribution in [0.1, 0.15) is 19.3 Å². The second kappa shape index (κ2) is 7.85. The lowest BCUT2D eigenvalue weighted by molar-refractivity contribution is -0.146. The van der Waals surface area contributed by atoms with Crippen LogP contribution < -0.4 is 14.4 Å². The van der Waals surface area contributed by atoms with E-state index in [4.69, 9.17) is 9.47 Å². The quantitative estimate of drug-likeness (QED) is 0.834. The van der Waals surface area contributed by atoms with Gasteiger partial charge in [-0.05, 0) is 25.0 Å². The SMILES string of the molecule is COc1ccc(N2C[C@H](C(=O)N3CCC[C@@H](C(=O)O)C3)CC2=O)cc1OC. The fraction of sp³-hybridized carbons (Fsp3) is 0.526. The number of ether oxygens (including phenoxy) is 2. The van der Waals surface area contributed by atoms with Crippen LogP contribution in [0.25, 0.3) is 0 Å². The summed E-state index contributed by atoms with van der Waals surface area (Å²) < 4.78 is 10.5. The van der Waals surface area contributed by atoms with E-state index in [1.54, 1.807) is 28.0 Å². The number of likely N-dealkylation sites (tertiary alicyclic amines) is 1. The molecule has 0 aliphatic carbocycles. The second-order valence-electron chi connectivity index (χ2n) is 6.91. The largest absolute Gasteiger partial charge is 0.493 e. The van der Waals surface area contributed by atoms with E-state index in [1.165, 1.54) is 14.2 Å². The Morgan fingerprint density at radius 2 is 1.85 bits per heavy atom. The van der Waals surface area contributed by atoms with Crippen molar-refractivity contribution in [2.75, 3.05) is 38.8 Å². The Balaban J connectivity index is 1.71. The number of hydrogen-bond donors (Lipinski definition) is 1. The first-order valence-electron chi connectivity index (χ1n) is 8.98. The third kappa shape index (κ3) is 3.84. The Morgan fingerprint density at radius 1 is 1.11 bits per heavy atom. The molecule has 146 valence electrons. The number of carbonyl (C=O) groups is 3. The minimum absolute atomic E-state index is 0.126. The molecule has 0 saturated carbocycles. The summed E-state index contributed by atoms with van der Waals surface area (Å²) in [4.78, 5) is 39.7. The van der Waals surface area contributed by atoms with Gasteiger partial charge in [-0.25, -0.2) is 0 Å². The van der Waals surface area contributed by atoms with Crippen LogP contribution in [0.5, 0.6) is 11.5 Å². The van der Waals surface area contributed by atoms with E-state index in [0.29, 0.717) is 36.6 Å². The molecule has 2 saturated heterocycles. The van der Waals surface area contributed by atoms with Crippen LogP contribution in [-0.4, -0.2) is 61.6 Å². The van der Waals surface area contributed by atoms with E-state index < -0.39 is 17.8 Å². The van der Waals surface area contributed by atoms with Gasteiger partial charge in [0.1, 0.15) is 0 Å². The maximum atomic E-state index is 12.8. The van der Waals surface area contributed by atoms with Crippen molar-refractivity contribution >= 4 is 23.5 Å². The molecule has 2 amide bonds. The number of carbonyl (C=O) groups excluding carboxylic acids is 2. The van der Waals surface area contributed by atoms with Gasteiger partial charge < -0.3 is 24.4 Å². The van der Waals surface area contributed by atoms with Crippen molar-refractivity contribution in [1.82, 2.24) is 4.90 Å². The molecular weight excluding hydrogens is 352 g/mol. The van der Waals surface area contributed by atoms with Crippen LogP contribution in [0.3, 0.4) is 0 Å². The molecule has 8 nitrogen and oxygen atoms in total. The van der Waals surface area contributed by atoms with Gasteiger partial charge >= 0.3 is 5.97 Å². The van der Waals surface area contributed by atoms with Gasteiger partial charge in [0, 0.05) is 37.8 Å². The van der Waals surface area contributed by atoms with Gasteiger partial charge in [-0.15, -0.1) is 0 Å². The summed E-state index contributed by atoms with van der Waals surface area (Å²) in [5.41, 5.74) is 0.648. The predicted molar refractivity (Wildman–Crippen MR) is 96.9 cm³/mol. The maximum Gasteiger partial charge on any atom is 0.308 e. The third-order valence-corrected chi connectivity index (χ3v) is 5.24. The summed E-state index contributed by atoms with van der Waals surface area (Å²) in [7, 11) is 3.06. The molecule has 1 N–H and O–H groups in total. The number of aliphatic carboxylic acids is 1. The summed E-state index contributed by atoms with van der Waals surface area (Å²) in [6.45, 7) is 1.04. The number of benzene rings is 1. The minimum atomic E-state index is -0.873. The van der Waals surface area contributed by atoms with Gasteiger partial charge in [0.15, 0.2) is 11.5 Å². The van der Waals surface area contributed by atoms with E-state index in [1.807, 2.05) is 0 Å². The first kappa shape index (κ1) is 19.0. The molecule has 0 aromatic heterocycles. The normalized spacial score (nSPS) is 22.7. The summed E-state index contributed by atoms with van der Waals surface area (Å²) in [6, 6.07) is 5.19. The van der Waals surface area contributed by atoms with Crippen LogP contribution in [0.15, 0.2) is 18.2 Å². The number of rotatable bonds is 5. The zero-order chi connectivity index (χ0) is 19.6. The van der Waals surface area contributed by atoms with Gasteiger partial charge in [-0.3, -0.25) is 14.4 Å². The fourth-order valence-corrected chi connectivity index (χ4v) is 3.75. The van der Waals surface area contributed by atoms with Crippen LogP contribution in [-0.2, 0) is 14.4 Å².